The number of aliphatic imine (C=N–C) groups is 1. The van der Waals surface area contributed by atoms with Crippen molar-refractivity contribution in [3.63, 3.8) is 0 Å². The molecule has 2 rings (SSSR count). The Morgan fingerprint density at radius 1 is 1.37 bits per heavy atom. The normalized spacial score (nSPS) is 12.0. The predicted molar refractivity (Wildman–Crippen MR) is 113 cm³/mol. The van der Waals surface area contributed by atoms with Crippen molar-refractivity contribution in [3.05, 3.63) is 29.8 Å². The summed E-state index contributed by atoms with van der Waals surface area (Å²) in [6, 6.07) is 4.20. The Kier molecular flexibility index (Phi) is 8.22. The van der Waals surface area contributed by atoms with Crippen LogP contribution in [-0.4, -0.2) is 57.1 Å². The minimum Gasteiger partial charge on any atom is -0.356 e. The van der Waals surface area contributed by atoms with E-state index in [1.54, 1.807) is 11.8 Å². The molecule has 2 aromatic rings. The summed E-state index contributed by atoms with van der Waals surface area (Å²) < 4.78 is 4.39. The molecule has 27 heavy (non-hydrogen) atoms. The van der Waals surface area contributed by atoms with Crippen molar-refractivity contribution in [2.75, 3.05) is 26.9 Å². The van der Waals surface area contributed by atoms with E-state index in [2.05, 4.69) is 87.1 Å². The van der Waals surface area contributed by atoms with Gasteiger partial charge in [0, 0.05) is 52.5 Å². The van der Waals surface area contributed by atoms with Crippen LogP contribution in [0, 0.1) is 5.92 Å². The number of rotatable bonds is 9. The molecule has 0 amide bonds. The van der Waals surface area contributed by atoms with Crippen molar-refractivity contribution >= 4 is 17.7 Å². The lowest BCUT2D eigenvalue weighted by atomic mass is 10.2. The molecule has 1 N–H and O–H groups in total. The number of nitrogens with zero attached hydrogens (tertiary/aromatic N) is 6. The van der Waals surface area contributed by atoms with Crippen LogP contribution in [0.1, 0.15) is 31.8 Å². The minimum atomic E-state index is 0.578. The zero-order valence-electron chi connectivity index (χ0n) is 17.4. The van der Waals surface area contributed by atoms with E-state index in [0.717, 1.165) is 49.4 Å². The van der Waals surface area contributed by atoms with E-state index < -0.39 is 0 Å². The summed E-state index contributed by atoms with van der Waals surface area (Å²) in [5, 5.41) is 13.2. The highest BCUT2D eigenvalue weighted by Crippen LogP contribution is 2.16. The zero-order valence-corrected chi connectivity index (χ0v) is 18.3. The van der Waals surface area contributed by atoms with Gasteiger partial charge >= 0.3 is 0 Å². The van der Waals surface area contributed by atoms with Crippen LogP contribution in [0.2, 0.25) is 0 Å². The second-order valence-electron chi connectivity index (χ2n) is 7.15. The van der Waals surface area contributed by atoms with Gasteiger partial charge in [-0.2, -0.15) is 0 Å². The van der Waals surface area contributed by atoms with Gasteiger partial charge in [-0.25, -0.2) is 0 Å². The zero-order chi connectivity index (χ0) is 19.8. The maximum absolute atomic E-state index is 4.40. The van der Waals surface area contributed by atoms with Crippen LogP contribution in [-0.2, 0) is 26.6 Å². The number of nitrogens with one attached hydrogen (secondary N) is 1. The Morgan fingerprint density at radius 2 is 2.15 bits per heavy atom. The molecule has 0 fully saturated rings. The van der Waals surface area contributed by atoms with Gasteiger partial charge in [0.1, 0.15) is 5.82 Å². The van der Waals surface area contributed by atoms with Crippen LogP contribution in [0.3, 0.4) is 0 Å². The molecule has 0 saturated carbocycles. The third-order valence-electron chi connectivity index (χ3n) is 4.41. The van der Waals surface area contributed by atoms with Gasteiger partial charge in [0.25, 0.3) is 0 Å². The Labute approximate surface area is 167 Å². The summed E-state index contributed by atoms with van der Waals surface area (Å²) >= 11 is 1.66. The second kappa shape index (κ2) is 10.4. The van der Waals surface area contributed by atoms with Crippen LogP contribution < -0.4 is 5.32 Å². The Balaban J connectivity index is 1.84. The molecule has 0 unspecified atom stereocenters. The van der Waals surface area contributed by atoms with Gasteiger partial charge in [0.15, 0.2) is 11.1 Å². The predicted octanol–water partition coefficient (Wildman–Crippen LogP) is 2.63. The topological polar surface area (TPSA) is 63.3 Å². The molecule has 0 saturated heterocycles. The molecule has 0 aromatic carbocycles. The summed E-state index contributed by atoms with van der Waals surface area (Å²) in [7, 11) is 5.95. The van der Waals surface area contributed by atoms with Crippen molar-refractivity contribution in [1.82, 2.24) is 29.5 Å². The Morgan fingerprint density at radius 3 is 2.74 bits per heavy atom. The molecule has 2 heterocycles. The Bertz CT molecular complexity index is 732. The molecule has 0 atom stereocenters. The van der Waals surface area contributed by atoms with Gasteiger partial charge in [-0.15, -0.1) is 10.2 Å². The van der Waals surface area contributed by atoms with Gasteiger partial charge in [0.05, 0.1) is 6.54 Å². The SMILES string of the molecule is CN=C(NCCCc1nnc(SC)n1CC(C)C)N(C)Cc1cccn1C. The van der Waals surface area contributed by atoms with E-state index in [1.807, 2.05) is 7.05 Å². The summed E-state index contributed by atoms with van der Waals surface area (Å²) in [5.41, 5.74) is 1.26. The average Bonchev–Trinajstić information content (AvgIpc) is 3.20. The van der Waals surface area contributed by atoms with Gasteiger partial charge in [-0.3, -0.25) is 4.99 Å². The number of hydrogen-bond acceptors (Lipinski definition) is 4. The Hall–Kier alpha value is -1.96. The number of guanidine groups is 1. The first-order valence-corrected chi connectivity index (χ1v) is 10.7. The summed E-state index contributed by atoms with van der Waals surface area (Å²) in [4.78, 5) is 6.54. The lowest BCUT2D eigenvalue weighted by Crippen LogP contribution is -2.39. The van der Waals surface area contributed by atoms with E-state index in [-0.39, 0.29) is 0 Å². The van der Waals surface area contributed by atoms with Crippen molar-refractivity contribution in [2.24, 2.45) is 18.0 Å². The van der Waals surface area contributed by atoms with Gasteiger partial charge in [-0.1, -0.05) is 25.6 Å². The maximum atomic E-state index is 4.40. The first-order chi connectivity index (χ1) is 13.0. The van der Waals surface area contributed by atoms with Crippen LogP contribution in [0.5, 0.6) is 0 Å². The number of aryl methyl sites for hydroxylation is 2. The first-order valence-electron chi connectivity index (χ1n) is 9.44. The van der Waals surface area contributed by atoms with Crippen molar-refractivity contribution in [3.8, 4) is 0 Å². The van der Waals surface area contributed by atoms with Crippen LogP contribution in [0.25, 0.3) is 0 Å². The molecule has 0 radical (unpaired) electrons. The smallest absolute Gasteiger partial charge is 0.193 e. The quantitative estimate of drug-likeness (QED) is 0.308. The third kappa shape index (κ3) is 6.02. The molecule has 150 valence electrons. The monoisotopic (exact) mass is 391 g/mol. The molecule has 0 aliphatic heterocycles. The van der Waals surface area contributed by atoms with E-state index >= 15 is 0 Å². The highest BCUT2D eigenvalue weighted by molar-refractivity contribution is 7.98. The third-order valence-corrected chi connectivity index (χ3v) is 5.08. The van der Waals surface area contributed by atoms with E-state index in [9.17, 15) is 0 Å². The summed E-state index contributed by atoms with van der Waals surface area (Å²) in [6.07, 6.45) is 6.02. The standard InChI is InChI=1S/C19H33N7S/c1-15(2)13-26-17(22-23-19(26)27-6)10-7-11-21-18(20-3)25(5)14-16-9-8-12-24(16)4/h8-9,12,15H,7,10-11,13-14H2,1-6H3,(H,20,21). The fraction of sp³-hybridized carbons (Fsp3) is 0.632. The lowest BCUT2D eigenvalue weighted by Gasteiger charge is -2.22. The second-order valence-corrected chi connectivity index (χ2v) is 7.92. The number of hydrogen-bond donors (Lipinski definition) is 1. The first kappa shape index (κ1) is 21.3. The minimum absolute atomic E-state index is 0.578. The fourth-order valence-electron chi connectivity index (χ4n) is 3.01. The highest BCUT2D eigenvalue weighted by Gasteiger charge is 2.13. The molecule has 8 heteroatoms. The fourth-order valence-corrected chi connectivity index (χ4v) is 3.54. The molecule has 2 aromatic heterocycles. The van der Waals surface area contributed by atoms with Crippen molar-refractivity contribution < 1.29 is 0 Å². The number of aromatic nitrogens is 4. The van der Waals surface area contributed by atoms with Gasteiger partial charge in [0.2, 0.25) is 0 Å². The molecule has 0 aliphatic carbocycles. The van der Waals surface area contributed by atoms with Crippen LogP contribution in [0.4, 0.5) is 0 Å². The van der Waals surface area contributed by atoms with Gasteiger partial charge in [-0.05, 0) is 30.7 Å². The van der Waals surface area contributed by atoms with Gasteiger partial charge < -0.3 is 19.4 Å². The van der Waals surface area contributed by atoms with E-state index in [1.165, 1.54) is 5.69 Å². The molecule has 0 spiro atoms. The molecular weight excluding hydrogens is 358 g/mol. The molecule has 0 bridgehead atoms. The van der Waals surface area contributed by atoms with Crippen molar-refractivity contribution in [1.29, 1.82) is 0 Å². The summed E-state index contributed by atoms with van der Waals surface area (Å²) in [5.74, 6) is 2.56. The lowest BCUT2D eigenvalue weighted by molar-refractivity contribution is 0.458. The molecule has 0 aliphatic rings. The average molecular weight is 392 g/mol. The van der Waals surface area contributed by atoms with Crippen LogP contribution in [0.15, 0.2) is 28.5 Å². The highest BCUT2D eigenvalue weighted by atomic mass is 32.2. The number of thioether (sulfide) groups is 1. The molecular formula is C19H33N7S. The molecule has 7 nitrogen and oxygen atoms in total. The van der Waals surface area contributed by atoms with E-state index in [4.69, 9.17) is 0 Å². The van der Waals surface area contributed by atoms with Crippen LogP contribution >= 0.6 is 11.8 Å². The van der Waals surface area contributed by atoms with E-state index in [0.29, 0.717) is 5.92 Å². The largest absolute Gasteiger partial charge is 0.356 e. The summed E-state index contributed by atoms with van der Waals surface area (Å²) in [6.45, 7) is 7.09. The van der Waals surface area contributed by atoms with Crippen molar-refractivity contribution in [2.45, 2.75) is 44.9 Å². The maximum Gasteiger partial charge on any atom is 0.193 e.